The number of hydrogen-bond acceptors (Lipinski definition) is 4. The fourth-order valence-corrected chi connectivity index (χ4v) is 4.87. The Morgan fingerprint density at radius 3 is 2.28 bits per heavy atom. The predicted octanol–water partition coefficient (Wildman–Crippen LogP) is 8.35. The van der Waals surface area contributed by atoms with Crippen LogP contribution in [0.4, 0.5) is 0 Å². The van der Waals surface area contributed by atoms with Gasteiger partial charge in [-0.25, -0.2) is 0 Å². The van der Waals surface area contributed by atoms with Gasteiger partial charge in [0.25, 0.3) is 0 Å². The van der Waals surface area contributed by atoms with E-state index in [0.29, 0.717) is 12.0 Å². The summed E-state index contributed by atoms with van der Waals surface area (Å²) in [5, 5.41) is 0. The lowest BCUT2D eigenvalue weighted by Gasteiger charge is -2.28. The summed E-state index contributed by atoms with van der Waals surface area (Å²) in [7, 11) is 3.32. The second-order valence-electron chi connectivity index (χ2n) is 10.7. The molecule has 0 spiro atoms. The molecule has 2 unspecified atom stereocenters. The molecule has 2 aromatic rings. The van der Waals surface area contributed by atoms with Crippen LogP contribution in [-0.4, -0.2) is 20.8 Å². The minimum absolute atomic E-state index is 0.00163. The van der Waals surface area contributed by atoms with Crippen molar-refractivity contribution in [3.63, 3.8) is 0 Å². The Morgan fingerprint density at radius 1 is 0.861 bits per heavy atom. The van der Waals surface area contributed by atoms with Crippen LogP contribution in [-0.2, 0) is 0 Å². The highest BCUT2D eigenvalue weighted by atomic mass is 16.5. The predicted molar refractivity (Wildman–Crippen MR) is 146 cm³/mol. The molecule has 2 heterocycles. The van der Waals surface area contributed by atoms with E-state index < -0.39 is 0 Å². The van der Waals surface area contributed by atoms with Crippen LogP contribution in [0, 0.1) is 5.41 Å². The molecule has 0 amide bonds. The summed E-state index contributed by atoms with van der Waals surface area (Å²) in [6.07, 6.45) is 14.1. The molecule has 0 aromatic heterocycles. The quantitative estimate of drug-likeness (QED) is 0.398. The molecule has 0 N–H and O–H groups in total. The zero-order valence-electron chi connectivity index (χ0n) is 22.6. The molecular weight excluding hydrogens is 448 g/mol. The zero-order chi connectivity index (χ0) is 25.7. The van der Waals surface area contributed by atoms with Crippen LogP contribution in [0.3, 0.4) is 0 Å². The minimum atomic E-state index is 0.00163. The molecule has 1 aliphatic carbocycles. The minimum Gasteiger partial charge on any atom is -0.497 e. The Labute approximate surface area is 216 Å². The van der Waals surface area contributed by atoms with Crippen LogP contribution in [0.25, 0.3) is 0 Å². The van der Waals surface area contributed by atoms with Gasteiger partial charge in [0.2, 0.25) is 0 Å². The van der Waals surface area contributed by atoms with E-state index in [1.807, 2.05) is 30.3 Å². The van der Waals surface area contributed by atoms with Crippen LogP contribution in [0.1, 0.15) is 76.5 Å². The highest BCUT2D eigenvalue weighted by Gasteiger charge is 2.40. The van der Waals surface area contributed by atoms with E-state index in [4.69, 9.17) is 18.9 Å². The molecule has 2 atom stereocenters. The van der Waals surface area contributed by atoms with Crippen molar-refractivity contribution in [3.05, 3.63) is 83.0 Å². The van der Waals surface area contributed by atoms with E-state index in [1.54, 1.807) is 14.2 Å². The van der Waals surface area contributed by atoms with Crippen LogP contribution in [0.5, 0.6) is 23.0 Å². The molecule has 0 saturated carbocycles. The Morgan fingerprint density at radius 2 is 1.56 bits per heavy atom. The lowest BCUT2D eigenvalue weighted by atomic mass is 9.87. The number of allylic oxidation sites excluding steroid dienone is 6. The fraction of sp³-hybridized carbons (Fsp3) is 0.438. The monoisotopic (exact) mass is 488 g/mol. The van der Waals surface area contributed by atoms with Gasteiger partial charge in [0.15, 0.2) is 0 Å². The van der Waals surface area contributed by atoms with E-state index >= 15 is 0 Å². The van der Waals surface area contributed by atoms with Gasteiger partial charge in [-0.3, -0.25) is 0 Å². The number of methoxy groups -OCH3 is 2. The average Bonchev–Trinajstić information content (AvgIpc) is 3.24. The van der Waals surface area contributed by atoms with Crippen molar-refractivity contribution in [3.8, 4) is 23.0 Å². The number of benzene rings is 2. The first-order chi connectivity index (χ1) is 17.3. The molecule has 5 rings (SSSR count). The second-order valence-corrected chi connectivity index (χ2v) is 10.7. The Balaban J connectivity index is 0.000000181. The third kappa shape index (κ3) is 6.16. The Kier molecular flexibility index (Phi) is 8.13. The first-order valence-corrected chi connectivity index (χ1v) is 12.9. The van der Waals surface area contributed by atoms with Gasteiger partial charge in [-0.15, -0.1) is 0 Å². The molecule has 0 radical (unpaired) electrons. The van der Waals surface area contributed by atoms with E-state index in [-0.39, 0.29) is 12.0 Å². The van der Waals surface area contributed by atoms with Crippen molar-refractivity contribution < 1.29 is 18.9 Å². The summed E-state index contributed by atoms with van der Waals surface area (Å²) in [6.45, 7) is 9.72. The molecular formula is C32H40O4. The summed E-state index contributed by atoms with van der Waals surface area (Å²) in [4.78, 5) is 0. The lowest BCUT2D eigenvalue weighted by Crippen LogP contribution is -2.23. The maximum Gasteiger partial charge on any atom is 0.138 e. The van der Waals surface area contributed by atoms with Crippen molar-refractivity contribution in [1.29, 1.82) is 0 Å². The van der Waals surface area contributed by atoms with Crippen LogP contribution >= 0.6 is 0 Å². The van der Waals surface area contributed by atoms with E-state index in [0.717, 1.165) is 41.4 Å². The Bertz CT molecular complexity index is 1150. The normalized spacial score (nSPS) is 21.9. The topological polar surface area (TPSA) is 36.9 Å². The smallest absolute Gasteiger partial charge is 0.138 e. The molecule has 2 aromatic carbocycles. The number of hydrogen-bond donors (Lipinski definition) is 0. The summed E-state index contributed by atoms with van der Waals surface area (Å²) in [5.74, 6) is 3.56. The van der Waals surface area contributed by atoms with Crippen LogP contribution in [0.15, 0.2) is 71.8 Å². The van der Waals surface area contributed by atoms with Gasteiger partial charge in [-0.1, -0.05) is 55.4 Å². The molecule has 192 valence electrons. The number of rotatable bonds is 2. The van der Waals surface area contributed by atoms with Crippen molar-refractivity contribution in [2.24, 2.45) is 5.41 Å². The molecule has 0 bridgehead atoms. The van der Waals surface area contributed by atoms with Crippen molar-refractivity contribution in [2.45, 2.75) is 65.4 Å². The van der Waals surface area contributed by atoms with Gasteiger partial charge < -0.3 is 18.9 Å². The second kappa shape index (κ2) is 11.3. The Hall–Kier alpha value is -3.14. The molecule has 4 nitrogen and oxygen atoms in total. The third-order valence-corrected chi connectivity index (χ3v) is 7.20. The molecule has 0 fully saturated rings. The van der Waals surface area contributed by atoms with Crippen molar-refractivity contribution in [2.75, 3.05) is 20.8 Å². The zero-order valence-corrected chi connectivity index (χ0v) is 22.6. The van der Waals surface area contributed by atoms with E-state index in [9.17, 15) is 0 Å². The first-order valence-electron chi connectivity index (χ1n) is 12.9. The van der Waals surface area contributed by atoms with E-state index in [2.05, 4.69) is 58.1 Å². The highest BCUT2D eigenvalue weighted by Crippen LogP contribution is 2.52. The molecule has 3 aliphatic rings. The molecule has 4 heteroatoms. The van der Waals surface area contributed by atoms with E-state index in [1.165, 1.54) is 29.6 Å². The molecule has 2 aliphatic heterocycles. The summed E-state index contributed by atoms with van der Waals surface area (Å²) in [5.41, 5.74) is 5.59. The fourth-order valence-electron chi connectivity index (χ4n) is 4.87. The SMILES string of the molecule is CC1=CCCC(C)=CCC(C)(C)C=CC1.COc1ccc2c(c1)OC1c3ccc(OC)cc3OCC21. The van der Waals surface area contributed by atoms with Crippen molar-refractivity contribution >= 4 is 0 Å². The number of ether oxygens (including phenoxy) is 4. The van der Waals surface area contributed by atoms with Gasteiger partial charge >= 0.3 is 0 Å². The highest BCUT2D eigenvalue weighted by molar-refractivity contribution is 5.52. The van der Waals surface area contributed by atoms with Gasteiger partial charge in [-0.2, -0.15) is 0 Å². The summed E-state index contributed by atoms with van der Waals surface area (Å²) < 4.78 is 22.6. The van der Waals surface area contributed by atoms with Crippen LogP contribution < -0.4 is 18.9 Å². The molecule has 0 saturated heterocycles. The lowest BCUT2D eigenvalue weighted by molar-refractivity contribution is 0.139. The largest absolute Gasteiger partial charge is 0.497 e. The van der Waals surface area contributed by atoms with Gasteiger partial charge in [-0.05, 0) is 63.1 Å². The van der Waals surface area contributed by atoms with Gasteiger partial charge in [0.05, 0.1) is 26.7 Å². The number of fused-ring (bicyclic) bond motifs is 5. The summed E-state index contributed by atoms with van der Waals surface area (Å²) in [6, 6.07) is 11.9. The molecule has 36 heavy (non-hydrogen) atoms. The van der Waals surface area contributed by atoms with Gasteiger partial charge in [0, 0.05) is 23.3 Å². The third-order valence-electron chi connectivity index (χ3n) is 7.20. The standard InChI is InChI=1S/C17H16O4.C15H24/c1-18-10-4-6-13-15(7-10)20-9-14-12-5-3-11(19-2)8-16(12)21-17(13)14;1-13-7-5-8-14(2)10-12-15(3,4)11-6-9-13/h3-8,14,17H,9H2,1-2H3;6-7,10-11H,5,8-9,12H2,1-4H3. The summed E-state index contributed by atoms with van der Waals surface area (Å²) >= 11 is 0. The first kappa shape index (κ1) is 25.9. The average molecular weight is 489 g/mol. The van der Waals surface area contributed by atoms with Gasteiger partial charge in [0.1, 0.15) is 29.1 Å². The maximum atomic E-state index is 6.15. The van der Waals surface area contributed by atoms with Crippen molar-refractivity contribution in [1.82, 2.24) is 0 Å². The van der Waals surface area contributed by atoms with Crippen LogP contribution in [0.2, 0.25) is 0 Å². The maximum absolute atomic E-state index is 6.15.